The number of hydrogen-bond acceptors (Lipinski definition) is 4. The molecule has 1 spiro atoms. The molecule has 2 atom stereocenters. The molecule has 2 aliphatic heterocycles. The number of H-pyrrole nitrogens is 1. The molecule has 3 aliphatic rings. The van der Waals surface area contributed by atoms with Crippen molar-refractivity contribution in [2.24, 2.45) is 5.92 Å². The van der Waals surface area contributed by atoms with Crippen LogP contribution in [0.25, 0.3) is 0 Å². The number of aryl methyl sites for hydroxylation is 3. The summed E-state index contributed by atoms with van der Waals surface area (Å²) in [6, 6.07) is 10.5. The van der Waals surface area contributed by atoms with Crippen LogP contribution in [0.3, 0.4) is 0 Å². The molecule has 7 heteroatoms. The molecule has 1 aromatic heterocycles. The zero-order valence-corrected chi connectivity index (χ0v) is 24.9. The van der Waals surface area contributed by atoms with Gasteiger partial charge in [0.15, 0.2) is 0 Å². The van der Waals surface area contributed by atoms with Crippen molar-refractivity contribution in [3.05, 3.63) is 52.8 Å². The second kappa shape index (κ2) is 12.9. The molecule has 2 aromatic rings. The summed E-state index contributed by atoms with van der Waals surface area (Å²) < 4.78 is 0. The van der Waals surface area contributed by atoms with Crippen LogP contribution in [0.5, 0.6) is 0 Å². The molecule has 0 bridgehead atoms. The highest BCUT2D eigenvalue weighted by Gasteiger charge is 2.54. The van der Waals surface area contributed by atoms with E-state index in [1.54, 1.807) is 0 Å². The zero-order valence-electron chi connectivity index (χ0n) is 24.9. The maximum Gasteiger partial charge on any atom is 0.246 e. The lowest BCUT2D eigenvalue weighted by Gasteiger charge is -2.53. The monoisotopic (exact) mass is 547 g/mol. The molecule has 7 nitrogen and oxygen atoms in total. The minimum absolute atomic E-state index is 0.0835. The summed E-state index contributed by atoms with van der Waals surface area (Å²) in [5.41, 5.74) is 4.07. The van der Waals surface area contributed by atoms with E-state index in [0.29, 0.717) is 25.3 Å². The van der Waals surface area contributed by atoms with E-state index < -0.39 is 5.54 Å². The predicted octanol–water partition coefficient (Wildman–Crippen LogP) is 5.63. The van der Waals surface area contributed by atoms with Crippen molar-refractivity contribution in [1.29, 1.82) is 0 Å². The van der Waals surface area contributed by atoms with E-state index in [9.17, 15) is 9.59 Å². The van der Waals surface area contributed by atoms with Crippen LogP contribution in [-0.2, 0) is 16.0 Å². The summed E-state index contributed by atoms with van der Waals surface area (Å²) in [6.07, 6.45) is 12.3. The Morgan fingerprint density at radius 1 is 1.05 bits per heavy atom. The van der Waals surface area contributed by atoms with Gasteiger partial charge >= 0.3 is 0 Å². The van der Waals surface area contributed by atoms with Gasteiger partial charge in [-0.2, -0.15) is 5.10 Å². The number of rotatable bonds is 10. The normalized spacial score (nSPS) is 23.0. The lowest BCUT2D eigenvalue weighted by Crippen LogP contribution is -2.73. The van der Waals surface area contributed by atoms with Gasteiger partial charge in [0.1, 0.15) is 11.6 Å². The average Bonchev–Trinajstić information content (AvgIpc) is 3.31. The van der Waals surface area contributed by atoms with Crippen molar-refractivity contribution in [3.8, 4) is 0 Å². The summed E-state index contributed by atoms with van der Waals surface area (Å²) in [7, 11) is 0. The molecule has 2 N–H and O–H groups in total. The summed E-state index contributed by atoms with van der Waals surface area (Å²) in [4.78, 5) is 32.5. The Balaban J connectivity index is 1.33. The summed E-state index contributed by atoms with van der Waals surface area (Å²) in [5, 5.41) is 11.0. The number of benzene rings is 1. The van der Waals surface area contributed by atoms with Gasteiger partial charge in [-0.15, -0.1) is 0 Å². The Morgan fingerprint density at radius 2 is 1.77 bits per heavy atom. The van der Waals surface area contributed by atoms with E-state index in [1.165, 1.54) is 43.2 Å². The van der Waals surface area contributed by atoms with Crippen LogP contribution >= 0.6 is 0 Å². The molecular formula is C33H49N5O2. The van der Waals surface area contributed by atoms with E-state index in [2.05, 4.69) is 71.5 Å². The molecule has 2 amide bonds. The van der Waals surface area contributed by atoms with Gasteiger partial charge in [0, 0.05) is 36.9 Å². The lowest BCUT2D eigenvalue weighted by atomic mass is 9.78. The minimum atomic E-state index is -0.726. The van der Waals surface area contributed by atoms with Gasteiger partial charge in [-0.3, -0.25) is 19.6 Å². The third-order valence-corrected chi connectivity index (χ3v) is 9.97. The second-order valence-electron chi connectivity index (χ2n) is 12.6. The van der Waals surface area contributed by atoms with Crippen molar-refractivity contribution in [2.75, 3.05) is 19.6 Å². The van der Waals surface area contributed by atoms with Gasteiger partial charge in [-0.25, -0.2) is 0 Å². The SMILES string of the molecule is CCCCN1C(=O)[C@H](CC2CCCCC2)NC(=O)C12CCN(C(CCc1ccccc1)c1c(C)n[nH]c1C)CC2. The Kier molecular flexibility index (Phi) is 9.29. The van der Waals surface area contributed by atoms with E-state index >= 15 is 0 Å². The van der Waals surface area contributed by atoms with Gasteiger partial charge in [-0.1, -0.05) is 75.8 Å². The zero-order chi connectivity index (χ0) is 28.1. The van der Waals surface area contributed by atoms with Crippen LogP contribution in [-0.4, -0.2) is 63.0 Å². The fourth-order valence-corrected chi connectivity index (χ4v) is 7.64. The number of aromatic nitrogens is 2. The highest BCUT2D eigenvalue weighted by Crippen LogP contribution is 2.39. The number of piperazine rings is 1. The van der Waals surface area contributed by atoms with Crippen molar-refractivity contribution in [3.63, 3.8) is 0 Å². The molecule has 1 saturated carbocycles. The quantitative estimate of drug-likeness (QED) is 0.404. The number of carbonyl (C=O) groups excluding carboxylic acids is 2. The van der Waals surface area contributed by atoms with Crippen LogP contribution in [0, 0.1) is 19.8 Å². The number of amides is 2. The van der Waals surface area contributed by atoms with Crippen LogP contribution in [0.4, 0.5) is 0 Å². The fourth-order valence-electron chi connectivity index (χ4n) is 7.64. The molecule has 1 unspecified atom stereocenters. The van der Waals surface area contributed by atoms with Crippen molar-refractivity contribution >= 4 is 11.8 Å². The summed E-state index contributed by atoms with van der Waals surface area (Å²) >= 11 is 0. The first kappa shape index (κ1) is 28.8. The molecule has 218 valence electrons. The molecule has 1 aromatic carbocycles. The van der Waals surface area contributed by atoms with E-state index in [-0.39, 0.29) is 23.9 Å². The van der Waals surface area contributed by atoms with Gasteiger partial charge in [-0.05, 0) is 63.9 Å². The van der Waals surface area contributed by atoms with Crippen molar-refractivity contribution < 1.29 is 9.59 Å². The van der Waals surface area contributed by atoms with E-state index in [0.717, 1.165) is 56.6 Å². The lowest BCUT2D eigenvalue weighted by molar-refractivity contribution is -0.162. The van der Waals surface area contributed by atoms with Gasteiger partial charge in [0.05, 0.1) is 5.69 Å². The summed E-state index contributed by atoms with van der Waals surface area (Å²) in [5.74, 6) is 0.799. The van der Waals surface area contributed by atoms with E-state index in [1.807, 2.05) is 4.90 Å². The van der Waals surface area contributed by atoms with Crippen molar-refractivity contribution in [1.82, 2.24) is 25.3 Å². The van der Waals surface area contributed by atoms with Crippen LogP contribution in [0.2, 0.25) is 0 Å². The molecule has 5 rings (SSSR count). The number of carbonyl (C=O) groups is 2. The maximum absolute atomic E-state index is 14.0. The largest absolute Gasteiger partial charge is 0.342 e. The molecule has 40 heavy (non-hydrogen) atoms. The first-order valence-corrected chi connectivity index (χ1v) is 15.8. The topological polar surface area (TPSA) is 81.3 Å². The minimum Gasteiger partial charge on any atom is -0.342 e. The van der Waals surface area contributed by atoms with Crippen LogP contribution in [0.1, 0.15) is 106 Å². The molecule has 1 aliphatic carbocycles. The van der Waals surface area contributed by atoms with Gasteiger partial charge in [0.25, 0.3) is 0 Å². The van der Waals surface area contributed by atoms with Crippen LogP contribution in [0.15, 0.2) is 30.3 Å². The highest BCUT2D eigenvalue weighted by molar-refractivity contribution is 6.00. The standard InChI is InChI=1S/C33H49N5O2/c1-4-5-20-38-31(39)28(23-27-14-10-7-11-15-27)34-32(40)33(38)18-21-37(22-19-33)29(30-24(2)35-36-25(30)3)17-16-26-12-8-6-9-13-26/h6,8-9,12-13,27-29H,4-5,7,10-11,14-23H2,1-3H3,(H,34,40)(H,35,36)/t28-,29?/m0/s1. The third kappa shape index (κ3) is 6.00. The Hall–Kier alpha value is -2.67. The average molecular weight is 548 g/mol. The van der Waals surface area contributed by atoms with Gasteiger partial charge < -0.3 is 10.2 Å². The number of nitrogens with one attached hydrogen (secondary N) is 2. The second-order valence-corrected chi connectivity index (χ2v) is 12.6. The van der Waals surface area contributed by atoms with Crippen molar-refractivity contribution in [2.45, 2.75) is 115 Å². The number of hydrogen-bond donors (Lipinski definition) is 2. The van der Waals surface area contributed by atoms with E-state index in [4.69, 9.17) is 0 Å². The third-order valence-electron chi connectivity index (χ3n) is 9.97. The first-order chi connectivity index (χ1) is 19.4. The molecule has 3 fully saturated rings. The molecule has 3 heterocycles. The maximum atomic E-state index is 14.0. The number of nitrogens with zero attached hydrogens (tertiary/aromatic N) is 3. The van der Waals surface area contributed by atoms with Gasteiger partial charge in [0.2, 0.25) is 11.8 Å². The smallest absolute Gasteiger partial charge is 0.246 e. The molecule has 0 radical (unpaired) electrons. The number of piperidine rings is 1. The number of aromatic amines is 1. The molecular weight excluding hydrogens is 498 g/mol. The Bertz CT molecular complexity index is 1110. The first-order valence-electron chi connectivity index (χ1n) is 15.8. The number of unbranched alkanes of at least 4 members (excludes halogenated alkanes) is 1. The Labute approximate surface area is 240 Å². The van der Waals surface area contributed by atoms with Crippen LogP contribution < -0.4 is 5.32 Å². The highest BCUT2D eigenvalue weighted by atomic mass is 16.2. The predicted molar refractivity (Wildman–Crippen MR) is 159 cm³/mol. The Morgan fingerprint density at radius 3 is 2.42 bits per heavy atom. The fraction of sp³-hybridized carbons (Fsp3) is 0.667. The molecule has 2 saturated heterocycles. The number of likely N-dealkylation sites (tertiary alicyclic amines) is 1. The summed E-state index contributed by atoms with van der Waals surface area (Å²) in [6.45, 7) is 8.63.